The molecule has 67 heavy (non-hydrogen) atoms. The van der Waals surface area contributed by atoms with Crippen molar-refractivity contribution in [1.82, 2.24) is 0 Å². The minimum absolute atomic E-state index is 0.00341. The van der Waals surface area contributed by atoms with Gasteiger partial charge in [-0.15, -0.1) is 34.0 Å². The fourth-order valence-corrected chi connectivity index (χ4v) is 11.8. The largest absolute Gasteiger partial charge is 0.457 e. The summed E-state index contributed by atoms with van der Waals surface area (Å²) in [6.07, 6.45) is -6.84. The summed E-state index contributed by atoms with van der Waals surface area (Å²) in [5, 5.41) is 0.466. The maximum atomic E-state index is 14.6. The molecule has 8 aromatic rings. The average molecular weight is 963 g/mol. The number of rotatable bonds is 8. The number of thiophene rings is 3. The molecule has 0 N–H and O–H groups in total. The number of halogens is 6. The zero-order valence-corrected chi connectivity index (χ0v) is 36.2. The van der Waals surface area contributed by atoms with Crippen LogP contribution < -0.4 is 0 Å². The molecule has 3 aromatic heterocycles. The quantitative estimate of drug-likeness (QED) is 0.0639. The van der Waals surface area contributed by atoms with Crippen LogP contribution in [0.5, 0.6) is 0 Å². The summed E-state index contributed by atoms with van der Waals surface area (Å²) < 4.78 is 94.7. The molecule has 2 aliphatic rings. The molecule has 0 saturated heterocycles. The van der Waals surface area contributed by atoms with Crippen LogP contribution in [0.2, 0.25) is 0 Å². The first-order chi connectivity index (χ1) is 32.0. The Labute approximate surface area is 385 Å². The Morgan fingerprint density at radius 3 is 1.45 bits per heavy atom. The summed E-state index contributed by atoms with van der Waals surface area (Å²) in [6, 6.07) is 25.7. The minimum Gasteiger partial charge on any atom is -0.457 e. The summed E-state index contributed by atoms with van der Waals surface area (Å²) in [5.41, 5.74) is -2.00. The van der Waals surface area contributed by atoms with Crippen LogP contribution in [0.3, 0.4) is 0 Å². The molecule has 0 saturated carbocycles. The first-order valence-corrected chi connectivity index (χ1v) is 22.3. The highest BCUT2D eigenvalue weighted by Crippen LogP contribution is 2.50. The van der Waals surface area contributed by atoms with E-state index in [1.165, 1.54) is 18.2 Å². The van der Waals surface area contributed by atoms with Crippen molar-refractivity contribution >= 4 is 122 Å². The number of allylic oxidation sites excluding steroid dienone is 2. The lowest BCUT2D eigenvalue weighted by atomic mass is 10.0. The van der Waals surface area contributed by atoms with Gasteiger partial charge >= 0.3 is 24.3 Å². The second-order valence-electron chi connectivity index (χ2n) is 15.4. The maximum absolute atomic E-state index is 14.6. The molecule has 332 valence electrons. The van der Waals surface area contributed by atoms with Crippen LogP contribution >= 0.6 is 34.0 Å². The third-order valence-corrected chi connectivity index (χ3v) is 14.7. The number of hydrogen-bond donors (Lipinski definition) is 0. The molecule has 3 heterocycles. The number of fused-ring (bicyclic) bond motifs is 6. The summed E-state index contributed by atoms with van der Waals surface area (Å²) in [4.78, 5) is 82.3. The highest BCUT2D eigenvalue weighted by molar-refractivity contribution is 7.33. The van der Waals surface area contributed by atoms with Gasteiger partial charge in [-0.3, -0.25) is 19.2 Å². The van der Waals surface area contributed by atoms with Crippen molar-refractivity contribution in [3.8, 4) is 0 Å². The summed E-state index contributed by atoms with van der Waals surface area (Å²) in [6.45, 7) is -0.312. The van der Waals surface area contributed by atoms with Gasteiger partial charge in [-0.05, 0) is 70.8 Å². The van der Waals surface area contributed by atoms with E-state index in [9.17, 15) is 55.1 Å². The van der Waals surface area contributed by atoms with Crippen LogP contribution in [0.15, 0.2) is 109 Å². The molecule has 0 atom stereocenters. The Kier molecular flexibility index (Phi) is 10.5. The molecular weight excluding hydrogens is 939 g/mol. The van der Waals surface area contributed by atoms with E-state index in [1.54, 1.807) is 66.7 Å². The SMILES string of the molecule is O=C1C(=O)c2cc(C(F)(F)F)ccc2/C1=C/c1cc2c(C(=O)OCc3ccccc3)c3sc4cc(/C=C5\C(=O)C(=O)c6cc(C(F)(F)F)ccc65)sc4c3c(C(=O)OCc3ccccc3)c2s1. The molecule has 0 radical (unpaired) electrons. The fraction of sp³-hybridized carbons (Fsp3) is 0.0800. The molecule has 0 bridgehead atoms. The molecule has 0 spiro atoms. The van der Waals surface area contributed by atoms with Crippen LogP contribution in [-0.4, -0.2) is 35.1 Å². The third kappa shape index (κ3) is 7.67. The number of benzene rings is 5. The van der Waals surface area contributed by atoms with Crippen molar-refractivity contribution in [2.75, 3.05) is 0 Å². The van der Waals surface area contributed by atoms with E-state index in [0.717, 1.165) is 58.3 Å². The smallest absolute Gasteiger partial charge is 0.416 e. The van der Waals surface area contributed by atoms with Crippen LogP contribution in [0, 0.1) is 0 Å². The van der Waals surface area contributed by atoms with E-state index in [-0.39, 0.29) is 72.5 Å². The second kappa shape index (κ2) is 16.2. The highest BCUT2D eigenvalue weighted by atomic mass is 32.1. The van der Waals surface area contributed by atoms with Gasteiger partial charge in [-0.1, -0.05) is 72.8 Å². The van der Waals surface area contributed by atoms with Crippen LogP contribution in [-0.2, 0) is 44.6 Å². The Morgan fingerprint density at radius 2 is 0.955 bits per heavy atom. The van der Waals surface area contributed by atoms with E-state index >= 15 is 0 Å². The van der Waals surface area contributed by atoms with E-state index in [4.69, 9.17) is 9.47 Å². The molecule has 2 aliphatic carbocycles. The van der Waals surface area contributed by atoms with Crippen LogP contribution in [0.4, 0.5) is 26.3 Å². The van der Waals surface area contributed by atoms with Crippen molar-refractivity contribution < 1.29 is 64.6 Å². The summed E-state index contributed by atoms with van der Waals surface area (Å²) >= 11 is 3.14. The summed E-state index contributed by atoms with van der Waals surface area (Å²) in [7, 11) is 0. The lowest BCUT2D eigenvalue weighted by molar-refractivity contribution is -0.138. The molecule has 17 heteroatoms. The van der Waals surface area contributed by atoms with Crippen molar-refractivity contribution in [1.29, 1.82) is 0 Å². The fourth-order valence-electron chi connectivity index (χ4n) is 8.05. The maximum Gasteiger partial charge on any atom is 0.416 e. The molecule has 5 aromatic carbocycles. The van der Waals surface area contributed by atoms with Gasteiger partial charge in [-0.25, -0.2) is 9.59 Å². The zero-order valence-electron chi connectivity index (χ0n) is 33.7. The first-order valence-electron chi connectivity index (χ1n) is 19.9. The topological polar surface area (TPSA) is 121 Å². The first kappa shape index (κ1) is 43.5. The molecule has 0 aliphatic heterocycles. The number of carbonyl (C=O) groups excluding carboxylic acids is 6. The van der Waals surface area contributed by atoms with Crippen molar-refractivity contribution in [3.05, 3.63) is 175 Å². The minimum atomic E-state index is -4.78. The third-order valence-electron chi connectivity index (χ3n) is 11.2. The molecule has 10 rings (SSSR count). The van der Waals surface area contributed by atoms with Crippen LogP contribution in [0.25, 0.3) is 52.9 Å². The van der Waals surface area contributed by atoms with Gasteiger partial charge < -0.3 is 9.47 Å². The zero-order chi connectivity index (χ0) is 47.1. The Balaban J connectivity index is 1.18. The number of hydrogen-bond acceptors (Lipinski definition) is 11. The van der Waals surface area contributed by atoms with E-state index in [1.807, 2.05) is 0 Å². The van der Waals surface area contributed by atoms with Gasteiger partial charge in [0, 0.05) is 47.5 Å². The monoisotopic (exact) mass is 962 g/mol. The summed E-state index contributed by atoms with van der Waals surface area (Å²) in [5.74, 6) is -5.89. The second-order valence-corrected chi connectivity index (χ2v) is 18.6. The predicted molar refractivity (Wildman–Crippen MR) is 241 cm³/mol. The number of Topliss-reactive ketones (excluding diaryl/α,β-unsaturated/α-hetero) is 4. The van der Waals surface area contributed by atoms with Gasteiger partial charge in [0.15, 0.2) is 0 Å². The molecular formula is C50H24F6O8S3. The van der Waals surface area contributed by atoms with Crippen molar-refractivity contribution in [3.63, 3.8) is 0 Å². The lowest BCUT2D eigenvalue weighted by Crippen LogP contribution is -2.10. The van der Waals surface area contributed by atoms with Gasteiger partial charge in [-0.2, -0.15) is 26.3 Å². The number of ketones is 4. The molecule has 0 amide bonds. The van der Waals surface area contributed by atoms with E-state index < -0.39 is 64.1 Å². The van der Waals surface area contributed by atoms with Gasteiger partial charge in [0.1, 0.15) is 13.2 Å². The highest BCUT2D eigenvalue weighted by Gasteiger charge is 2.40. The van der Waals surface area contributed by atoms with Crippen LogP contribution in [0.1, 0.15) is 84.6 Å². The average Bonchev–Trinajstić information content (AvgIpc) is 4.09. The normalized spacial score (nSPS) is 15.1. The van der Waals surface area contributed by atoms with Gasteiger partial charge in [0.25, 0.3) is 0 Å². The Hall–Kier alpha value is -7.34. The van der Waals surface area contributed by atoms with E-state index in [2.05, 4.69) is 0 Å². The molecule has 0 unspecified atom stereocenters. The number of esters is 2. The molecule has 0 fully saturated rings. The number of ether oxygens (including phenoxy) is 2. The van der Waals surface area contributed by atoms with Crippen molar-refractivity contribution in [2.45, 2.75) is 25.6 Å². The predicted octanol–water partition coefficient (Wildman–Crippen LogP) is 12.7. The van der Waals surface area contributed by atoms with Crippen molar-refractivity contribution in [2.24, 2.45) is 0 Å². The standard InChI is InChI=1S/C50H24F6O8S3/c51-49(52,53)25-11-13-29-31(15-25)40(57)42(59)33(29)17-27-19-35-37(47(61)63-21-23-7-3-1-4-8-23)46-38(39(44(35)65-27)48(62)64-22-24-9-5-2-6-10-24)45-36(67-46)20-28(66-45)18-34-30-14-12-26(50(54,55)56)16-32(30)41(58)43(34)60/h1-20H,21-22H2/b33-17-,34-18-. The number of carbonyl (C=O) groups is 6. The number of alkyl halides is 6. The Morgan fingerprint density at radius 1 is 0.493 bits per heavy atom. The Bertz CT molecular complexity index is 3560. The van der Waals surface area contributed by atoms with E-state index in [0.29, 0.717) is 42.2 Å². The van der Waals surface area contributed by atoms with Gasteiger partial charge in [0.05, 0.1) is 36.4 Å². The van der Waals surface area contributed by atoms with Gasteiger partial charge in [0.2, 0.25) is 23.1 Å². The lowest BCUT2D eigenvalue weighted by Gasteiger charge is -2.12. The molecule has 8 nitrogen and oxygen atoms in total.